The number of imidazole rings is 1. The zero-order valence-corrected chi connectivity index (χ0v) is 22.6. The Balaban J connectivity index is 1.18. The molecule has 1 saturated heterocycles. The monoisotopic (exact) mass is 580 g/mol. The van der Waals surface area contributed by atoms with Crippen LogP contribution in [0.15, 0.2) is 71.6 Å². The van der Waals surface area contributed by atoms with E-state index in [2.05, 4.69) is 65.4 Å². The minimum Gasteiger partial charge on any atom is -0.383 e. The fraction of sp³-hybridized carbons (Fsp3) is 0.214. The molecule has 3 N–H and O–H groups in total. The molecule has 39 heavy (non-hydrogen) atoms. The average Bonchev–Trinajstić information content (AvgIpc) is 3.33. The maximum Gasteiger partial charge on any atom is 0.234 e. The van der Waals surface area contributed by atoms with Crippen LogP contribution in [0, 0.1) is 11.3 Å². The molecule has 0 aliphatic carbocycles. The van der Waals surface area contributed by atoms with E-state index in [1.54, 1.807) is 18.5 Å². The van der Waals surface area contributed by atoms with Gasteiger partial charge < -0.3 is 11.1 Å². The van der Waals surface area contributed by atoms with Crippen LogP contribution in [-0.2, 0) is 6.54 Å². The number of benzene rings is 1. The molecule has 0 saturated carbocycles. The zero-order valence-electron chi connectivity index (χ0n) is 21.0. The van der Waals surface area contributed by atoms with Crippen molar-refractivity contribution in [3.63, 3.8) is 0 Å². The number of nitrogen functional groups attached to an aromatic ring is 1. The molecular formula is C28H25BrN10. The van der Waals surface area contributed by atoms with Gasteiger partial charge in [0.05, 0.1) is 5.56 Å². The van der Waals surface area contributed by atoms with Gasteiger partial charge in [0.15, 0.2) is 11.5 Å². The van der Waals surface area contributed by atoms with E-state index in [-0.39, 0.29) is 5.82 Å². The third kappa shape index (κ3) is 5.30. The maximum atomic E-state index is 9.02. The van der Waals surface area contributed by atoms with E-state index in [0.717, 1.165) is 59.5 Å². The highest BCUT2D eigenvalue weighted by Crippen LogP contribution is 2.31. The van der Waals surface area contributed by atoms with Crippen LogP contribution >= 0.6 is 15.9 Å². The molecule has 1 fully saturated rings. The number of piperidine rings is 1. The van der Waals surface area contributed by atoms with E-state index in [1.165, 1.54) is 5.56 Å². The van der Waals surface area contributed by atoms with E-state index >= 15 is 0 Å². The van der Waals surface area contributed by atoms with Crippen LogP contribution in [0.4, 0.5) is 11.6 Å². The van der Waals surface area contributed by atoms with Crippen molar-refractivity contribution in [3.8, 4) is 23.1 Å². The van der Waals surface area contributed by atoms with Gasteiger partial charge in [0.25, 0.3) is 0 Å². The van der Waals surface area contributed by atoms with E-state index in [1.807, 2.05) is 34.9 Å². The van der Waals surface area contributed by atoms with Gasteiger partial charge in [-0.3, -0.25) is 9.47 Å². The first kappa shape index (κ1) is 24.9. The second-order valence-corrected chi connectivity index (χ2v) is 10.2. The van der Waals surface area contributed by atoms with Crippen molar-refractivity contribution in [3.05, 3.63) is 83.0 Å². The van der Waals surface area contributed by atoms with Gasteiger partial charge in [-0.2, -0.15) is 5.26 Å². The predicted octanol–water partition coefficient (Wildman–Crippen LogP) is 4.57. The van der Waals surface area contributed by atoms with Gasteiger partial charge in [0, 0.05) is 43.8 Å². The van der Waals surface area contributed by atoms with Crippen molar-refractivity contribution in [2.45, 2.75) is 25.4 Å². The Kier molecular flexibility index (Phi) is 6.87. The number of nitrogens with two attached hydrogens (primary N) is 1. The number of nitrogens with one attached hydrogen (secondary N) is 1. The zero-order chi connectivity index (χ0) is 26.8. The summed E-state index contributed by atoms with van der Waals surface area (Å²) >= 11 is 3.50. The van der Waals surface area contributed by atoms with Gasteiger partial charge in [-0.1, -0.05) is 12.1 Å². The molecule has 6 rings (SSSR count). The molecule has 1 aliphatic heterocycles. The van der Waals surface area contributed by atoms with Gasteiger partial charge in [-0.25, -0.2) is 24.9 Å². The molecule has 1 aliphatic rings. The highest BCUT2D eigenvalue weighted by molar-refractivity contribution is 9.10. The number of rotatable bonds is 6. The Bertz CT molecular complexity index is 1670. The fourth-order valence-corrected chi connectivity index (χ4v) is 5.21. The van der Waals surface area contributed by atoms with Crippen molar-refractivity contribution in [2.24, 2.45) is 0 Å². The minimum atomic E-state index is 0.184. The number of pyridine rings is 2. The van der Waals surface area contributed by atoms with Gasteiger partial charge in [-0.05, 0) is 76.8 Å². The lowest BCUT2D eigenvalue weighted by molar-refractivity contribution is 0.211. The summed E-state index contributed by atoms with van der Waals surface area (Å²) in [6.07, 6.45) is 5.29. The van der Waals surface area contributed by atoms with Crippen molar-refractivity contribution >= 4 is 38.7 Å². The Labute approximate surface area is 233 Å². The van der Waals surface area contributed by atoms with Crippen molar-refractivity contribution in [2.75, 3.05) is 24.1 Å². The second-order valence-electron chi connectivity index (χ2n) is 9.42. The third-order valence-corrected chi connectivity index (χ3v) is 7.29. The Morgan fingerprint density at radius 3 is 2.56 bits per heavy atom. The summed E-state index contributed by atoms with van der Waals surface area (Å²) in [5.41, 5.74) is 10.7. The van der Waals surface area contributed by atoms with E-state index < -0.39 is 0 Å². The fourth-order valence-electron chi connectivity index (χ4n) is 4.91. The smallest absolute Gasteiger partial charge is 0.234 e. The third-order valence-electron chi connectivity index (χ3n) is 6.85. The molecule has 5 aromatic rings. The summed E-state index contributed by atoms with van der Waals surface area (Å²) in [6.45, 7) is 2.82. The molecule has 0 radical (unpaired) electrons. The van der Waals surface area contributed by atoms with Crippen LogP contribution in [0.25, 0.3) is 28.2 Å². The van der Waals surface area contributed by atoms with Crippen molar-refractivity contribution in [1.29, 1.82) is 5.26 Å². The Morgan fingerprint density at radius 2 is 1.79 bits per heavy atom. The molecule has 5 heterocycles. The summed E-state index contributed by atoms with van der Waals surface area (Å²) in [4.78, 5) is 24.4. The largest absolute Gasteiger partial charge is 0.383 e. The first-order valence-electron chi connectivity index (χ1n) is 12.6. The van der Waals surface area contributed by atoms with Crippen LogP contribution in [0.3, 0.4) is 0 Å². The van der Waals surface area contributed by atoms with Crippen LogP contribution in [0.5, 0.6) is 0 Å². The number of fused-ring (bicyclic) bond motifs is 1. The predicted molar refractivity (Wildman–Crippen MR) is 153 cm³/mol. The number of anilines is 2. The van der Waals surface area contributed by atoms with Crippen LogP contribution in [0.2, 0.25) is 0 Å². The Hall–Kier alpha value is -4.40. The molecule has 11 heteroatoms. The molecule has 4 aromatic heterocycles. The summed E-state index contributed by atoms with van der Waals surface area (Å²) in [5.74, 6) is 2.02. The van der Waals surface area contributed by atoms with Gasteiger partial charge >= 0.3 is 0 Å². The number of nitrogens with zero attached hydrogens (tertiary/aromatic N) is 8. The Morgan fingerprint density at radius 1 is 0.974 bits per heavy atom. The SMILES string of the molecule is N#Cc1nccc(NC2CCN(Cc3ccc(-n4c(-c5cccnc5N)nc5ccc(Br)nc54)cc3)CC2)n1. The summed E-state index contributed by atoms with van der Waals surface area (Å²) in [5, 5.41) is 12.5. The van der Waals surface area contributed by atoms with Crippen molar-refractivity contribution < 1.29 is 0 Å². The molecule has 194 valence electrons. The molecule has 10 nitrogen and oxygen atoms in total. The molecule has 0 bridgehead atoms. The van der Waals surface area contributed by atoms with Crippen LogP contribution in [0.1, 0.15) is 24.2 Å². The number of hydrogen-bond donors (Lipinski definition) is 2. The number of likely N-dealkylation sites (tertiary alicyclic amines) is 1. The quantitative estimate of drug-likeness (QED) is 0.277. The second kappa shape index (κ2) is 10.8. The summed E-state index contributed by atoms with van der Waals surface area (Å²) in [6, 6.07) is 20.2. The van der Waals surface area contributed by atoms with E-state index in [9.17, 15) is 0 Å². The summed E-state index contributed by atoms with van der Waals surface area (Å²) in [7, 11) is 0. The highest BCUT2D eigenvalue weighted by Gasteiger charge is 2.21. The molecular weight excluding hydrogens is 556 g/mol. The number of nitriles is 1. The molecule has 0 spiro atoms. The van der Waals surface area contributed by atoms with Crippen LogP contribution in [-0.4, -0.2) is 53.5 Å². The normalized spacial score (nSPS) is 14.4. The van der Waals surface area contributed by atoms with Gasteiger partial charge in [0.2, 0.25) is 5.82 Å². The highest BCUT2D eigenvalue weighted by atomic mass is 79.9. The number of hydrogen-bond acceptors (Lipinski definition) is 9. The van der Waals surface area contributed by atoms with E-state index in [0.29, 0.717) is 23.5 Å². The van der Waals surface area contributed by atoms with Gasteiger partial charge in [0.1, 0.15) is 27.8 Å². The lowest BCUT2D eigenvalue weighted by Gasteiger charge is -2.32. The van der Waals surface area contributed by atoms with Crippen LogP contribution < -0.4 is 11.1 Å². The average molecular weight is 581 g/mol. The first-order chi connectivity index (χ1) is 19.1. The minimum absolute atomic E-state index is 0.184. The maximum absolute atomic E-state index is 9.02. The molecule has 0 atom stereocenters. The topological polar surface area (TPSA) is 134 Å². The number of halogens is 1. The lowest BCUT2D eigenvalue weighted by Crippen LogP contribution is -2.38. The first-order valence-corrected chi connectivity index (χ1v) is 13.4. The lowest BCUT2D eigenvalue weighted by atomic mass is 10.0. The van der Waals surface area contributed by atoms with E-state index in [4.69, 9.17) is 21.0 Å². The standard InChI is InChI=1S/C28H25BrN10/c29-23-8-7-22-28(36-23)39(27(35-22)21-2-1-12-33-26(21)31)20-5-3-18(4-6-20)17-38-14-10-19(11-15-38)34-24-9-13-32-25(16-30)37-24/h1-9,12-13,19H,10-11,14-15,17H2,(H2,31,33)(H,32,34,37). The molecule has 1 aromatic carbocycles. The molecule has 0 unspecified atom stereocenters. The van der Waals surface area contributed by atoms with Gasteiger partial charge in [-0.15, -0.1) is 0 Å². The summed E-state index contributed by atoms with van der Waals surface area (Å²) < 4.78 is 2.76. The number of aromatic nitrogens is 6. The van der Waals surface area contributed by atoms with Crippen molar-refractivity contribution in [1.82, 2.24) is 34.4 Å². The molecule has 0 amide bonds.